The van der Waals surface area contributed by atoms with Gasteiger partial charge >= 0.3 is 0 Å². The molecule has 112 valence electrons. The van der Waals surface area contributed by atoms with E-state index in [2.05, 4.69) is 15.9 Å². The molecule has 3 nitrogen and oxygen atoms in total. The van der Waals surface area contributed by atoms with Gasteiger partial charge in [-0.3, -0.25) is 4.79 Å². The van der Waals surface area contributed by atoms with Gasteiger partial charge in [0.2, 0.25) is 0 Å². The van der Waals surface area contributed by atoms with Crippen LogP contribution in [-0.2, 0) is 6.54 Å². The molecule has 2 aromatic carbocycles. The number of carbonyl (C=O) groups excluding carboxylic acids is 1. The van der Waals surface area contributed by atoms with Crippen molar-refractivity contribution in [1.29, 1.82) is 0 Å². The lowest BCUT2D eigenvalue weighted by atomic mass is 10.2. The van der Waals surface area contributed by atoms with E-state index in [0.29, 0.717) is 12.1 Å². The Hall–Kier alpha value is -2.14. The van der Waals surface area contributed by atoms with Gasteiger partial charge in [-0.25, -0.2) is 4.39 Å². The standard InChI is InChI=1S/C17H13BrFNO2/c1-20(10-11-2-5-14(19)6-3-11)17(21)16-9-12-8-13(18)4-7-15(12)22-16/h2-9H,10H2,1H3. The Morgan fingerprint density at radius 2 is 1.91 bits per heavy atom. The molecule has 1 aromatic heterocycles. The zero-order chi connectivity index (χ0) is 15.7. The number of halogens is 2. The Morgan fingerprint density at radius 3 is 2.64 bits per heavy atom. The van der Waals surface area contributed by atoms with Crippen molar-refractivity contribution in [2.75, 3.05) is 7.05 Å². The first-order valence-corrected chi connectivity index (χ1v) is 7.51. The lowest BCUT2D eigenvalue weighted by Gasteiger charge is -2.15. The SMILES string of the molecule is CN(Cc1ccc(F)cc1)C(=O)c1cc2cc(Br)ccc2o1. The van der Waals surface area contributed by atoms with Gasteiger partial charge in [-0.05, 0) is 42.0 Å². The first kappa shape index (κ1) is 14.8. The van der Waals surface area contributed by atoms with Crippen LogP contribution in [0.5, 0.6) is 0 Å². The molecule has 0 N–H and O–H groups in total. The van der Waals surface area contributed by atoms with Crippen molar-refractivity contribution in [1.82, 2.24) is 4.90 Å². The highest BCUT2D eigenvalue weighted by molar-refractivity contribution is 9.10. The van der Waals surface area contributed by atoms with Crippen molar-refractivity contribution in [3.63, 3.8) is 0 Å². The second kappa shape index (κ2) is 5.93. The molecule has 0 atom stereocenters. The Balaban J connectivity index is 1.80. The van der Waals surface area contributed by atoms with Gasteiger partial charge in [0.15, 0.2) is 5.76 Å². The minimum atomic E-state index is -0.291. The molecule has 5 heteroatoms. The number of benzene rings is 2. The Morgan fingerprint density at radius 1 is 1.18 bits per heavy atom. The van der Waals surface area contributed by atoms with Crippen molar-refractivity contribution in [2.45, 2.75) is 6.54 Å². The summed E-state index contributed by atoms with van der Waals surface area (Å²) in [5, 5.41) is 0.868. The predicted molar refractivity (Wildman–Crippen MR) is 86.1 cm³/mol. The van der Waals surface area contributed by atoms with Crippen molar-refractivity contribution in [2.24, 2.45) is 0 Å². The molecule has 0 aliphatic carbocycles. The monoisotopic (exact) mass is 361 g/mol. The fourth-order valence-electron chi connectivity index (χ4n) is 2.24. The molecule has 0 unspecified atom stereocenters. The quantitative estimate of drug-likeness (QED) is 0.682. The van der Waals surface area contributed by atoms with E-state index in [1.54, 1.807) is 30.1 Å². The second-order valence-electron chi connectivity index (χ2n) is 5.08. The Kier molecular flexibility index (Phi) is 3.98. The molecule has 0 aliphatic rings. The van der Waals surface area contributed by atoms with E-state index in [9.17, 15) is 9.18 Å². The molecule has 0 saturated heterocycles. The van der Waals surface area contributed by atoms with Crippen molar-refractivity contribution in [3.05, 3.63) is 70.1 Å². The Bertz CT molecular complexity index is 826. The van der Waals surface area contributed by atoms with Crippen LogP contribution in [0, 0.1) is 5.82 Å². The lowest BCUT2D eigenvalue weighted by molar-refractivity contribution is 0.0756. The number of rotatable bonds is 3. The maximum absolute atomic E-state index is 12.9. The van der Waals surface area contributed by atoms with Crippen LogP contribution in [0.15, 0.2) is 57.4 Å². The van der Waals surface area contributed by atoms with Crippen LogP contribution < -0.4 is 0 Å². The smallest absolute Gasteiger partial charge is 0.289 e. The summed E-state index contributed by atoms with van der Waals surface area (Å²) in [5.41, 5.74) is 1.53. The minimum absolute atomic E-state index is 0.211. The average Bonchev–Trinajstić information content (AvgIpc) is 2.91. The van der Waals surface area contributed by atoms with E-state index >= 15 is 0 Å². The summed E-state index contributed by atoms with van der Waals surface area (Å²) in [6.45, 7) is 0.389. The third-order valence-corrected chi connectivity index (χ3v) is 3.86. The molecule has 3 rings (SSSR count). The van der Waals surface area contributed by atoms with Gasteiger partial charge in [-0.15, -0.1) is 0 Å². The normalized spacial score (nSPS) is 10.9. The van der Waals surface area contributed by atoms with Crippen LogP contribution in [0.25, 0.3) is 11.0 Å². The van der Waals surface area contributed by atoms with Gasteiger partial charge in [0.25, 0.3) is 5.91 Å². The zero-order valence-corrected chi connectivity index (χ0v) is 13.4. The van der Waals surface area contributed by atoms with E-state index < -0.39 is 0 Å². The van der Waals surface area contributed by atoms with Gasteiger partial charge in [-0.1, -0.05) is 28.1 Å². The topological polar surface area (TPSA) is 33.5 Å². The van der Waals surface area contributed by atoms with E-state index in [1.807, 2.05) is 18.2 Å². The molecule has 0 radical (unpaired) electrons. The third-order valence-electron chi connectivity index (χ3n) is 3.37. The molecule has 0 aliphatic heterocycles. The van der Waals surface area contributed by atoms with Gasteiger partial charge in [0.05, 0.1) is 0 Å². The average molecular weight is 362 g/mol. The molecule has 22 heavy (non-hydrogen) atoms. The van der Waals surface area contributed by atoms with Crippen molar-refractivity contribution >= 4 is 32.8 Å². The molecule has 0 saturated carbocycles. The fraction of sp³-hybridized carbons (Fsp3) is 0.118. The highest BCUT2D eigenvalue weighted by atomic mass is 79.9. The molecule has 3 aromatic rings. The maximum Gasteiger partial charge on any atom is 0.289 e. The lowest BCUT2D eigenvalue weighted by Crippen LogP contribution is -2.25. The molecular formula is C17H13BrFNO2. The van der Waals surface area contributed by atoms with Crippen LogP contribution in [0.4, 0.5) is 4.39 Å². The van der Waals surface area contributed by atoms with E-state index in [-0.39, 0.29) is 17.5 Å². The molecule has 1 amide bonds. The largest absolute Gasteiger partial charge is 0.451 e. The minimum Gasteiger partial charge on any atom is -0.451 e. The highest BCUT2D eigenvalue weighted by Crippen LogP contribution is 2.24. The summed E-state index contributed by atoms with van der Waals surface area (Å²) in [4.78, 5) is 14.0. The van der Waals surface area contributed by atoms with Gasteiger partial charge in [-0.2, -0.15) is 0 Å². The van der Waals surface area contributed by atoms with Crippen LogP contribution in [0.2, 0.25) is 0 Å². The van der Waals surface area contributed by atoms with Crippen LogP contribution in [0.1, 0.15) is 16.1 Å². The van der Waals surface area contributed by atoms with E-state index in [1.165, 1.54) is 12.1 Å². The Labute approximate surface area is 135 Å². The molecular weight excluding hydrogens is 349 g/mol. The number of hydrogen-bond acceptors (Lipinski definition) is 2. The number of nitrogens with zero attached hydrogens (tertiary/aromatic N) is 1. The molecule has 0 bridgehead atoms. The first-order valence-electron chi connectivity index (χ1n) is 6.72. The summed E-state index contributed by atoms with van der Waals surface area (Å²) < 4.78 is 19.4. The summed E-state index contributed by atoms with van der Waals surface area (Å²) >= 11 is 3.39. The van der Waals surface area contributed by atoms with Crippen molar-refractivity contribution < 1.29 is 13.6 Å². The molecule has 0 fully saturated rings. The van der Waals surface area contributed by atoms with Gasteiger partial charge in [0.1, 0.15) is 11.4 Å². The number of carbonyl (C=O) groups is 1. The van der Waals surface area contributed by atoms with E-state index in [4.69, 9.17) is 4.42 Å². The summed E-state index contributed by atoms with van der Waals surface area (Å²) in [6, 6.07) is 13.4. The number of amides is 1. The summed E-state index contributed by atoms with van der Waals surface area (Å²) in [7, 11) is 1.69. The summed E-state index contributed by atoms with van der Waals surface area (Å²) in [5.74, 6) is -0.213. The van der Waals surface area contributed by atoms with Crippen LogP contribution in [0.3, 0.4) is 0 Å². The molecule has 0 spiro atoms. The van der Waals surface area contributed by atoms with E-state index in [0.717, 1.165) is 15.4 Å². The predicted octanol–water partition coefficient (Wildman–Crippen LogP) is 4.61. The van der Waals surface area contributed by atoms with Gasteiger partial charge < -0.3 is 9.32 Å². The number of furan rings is 1. The van der Waals surface area contributed by atoms with Crippen molar-refractivity contribution in [3.8, 4) is 0 Å². The second-order valence-corrected chi connectivity index (χ2v) is 6.00. The highest BCUT2D eigenvalue weighted by Gasteiger charge is 2.17. The first-order chi connectivity index (χ1) is 10.5. The fourth-order valence-corrected chi connectivity index (χ4v) is 2.62. The van der Waals surface area contributed by atoms with Crippen LogP contribution >= 0.6 is 15.9 Å². The molecule has 1 heterocycles. The van der Waals surface area contributed by atoms with Crippen LogP contribution in [-0.4, -0.2) is 17.9 Å². The zero-order valence-electron chi connectivity index (χ0n) is 11.8. The maximum atomic E-state index is 12.9. The number of hydrogen-bond donors (Lipinski definition) is 0. The summed E-state index contributed by atoms with van der Waals surface area (Å²) in [6.07, 6.45) is 0. The number of fused-ring (bicyclic) bond motifs is 1. The van der Waals surface area contributed by atoms with Gasteiger partial charge in [0, 0.05) is 23.5 Å². The third kappa shape index (κ3) is 3.04.